The Bertz CT molecular complexity index is 597. The number of hydrogen-bond donors (Lipinski definition) is 1. The molecule has 21 heavy (non-hydrogen) atoms. The highest BCUT2D eigenvalue weighted by Crippen LogP contribution is 2.31. The molecule has 5 heteroatoms. The van der Waals surface area contributed by atoms with Crippen LogP contribution < -0.4 is 4.74 Å². The molecule has 2 aromatic rings. The molecule has 0 radical (unpaired) electrons. The summed E-state index contributed by atoms with van der Waals surface area (Å²) in [4.78, 5) is 16.2. The largest absolute Gasteiger partial charge is 0.497 e. The maximum atomic E-state index is 12.3. The average molecular weight is 287 g/mol. The highest BCUT2D eigenvalue weighted by Gasteiger charge is 2.41. The lowest BCUT2D eigenvalue weighted by Gasteiger charge is -2.26. The van der Waals surface area contributed by atoms with Crippen molar-refractivity contribution in [2.45, 2.75) is 12.5 Å². The summed E-state index contributed by atoms with van der Waals surface area (Å²) in [6.07, 6.45) is 3.02. The normalized spacial score (nSPS) is 13.3. The lowest BCUT2D eigenvalue weighted by Crippen LogP contribution is -2.38. The molecular formula is C16H17NO4. The third-order valence-corrected chi connectivity index (χ3v) is 3.16. The molecule has 0 spiro atoms. The highest BCUT2D eigenvalue weighted by atomic mass is 16.5. The van der Waals surface area contributed by atoms with Gasteiger partial charge in [0.15, 0.2) is 0 Å². The van der Waals surface area contributed by atoms with Crippen molar-refractivity contribution in [3.05, 3.63) is 59.9 Å². The fraction of sp³-hybridized carbons (Fsp3) is 0.250. The van der Waals surface area contributed by atoms with Crippen LogP contribution in [0, 0.1) is 0 Å². The van der Waals surface area contributed by atoms with E-state index in [0.29, 0.717) is 16.9 Å². The minimum absolute atomic E-state index is 0.178. The summed E-state index contributed by atoms with van der Waals surface area (Å²) in [5.74, 6) is -0.0979. The van der Waals surface area contributed by atoms with Crippen molar-refractivity contribution < 1.29 is 19.4 Å². The molecular weight excluding hydrogens is 270 g/mol. The zero-order valence-electron chi connectivity index (χ0n) is 11.9. The van der Waals surface area contributed by atoms with Crippen LogP contribution in [0.1, 0.15) is 18.1 Å². The number of ether oxygens (including phenoxy) is 2. The van der Waals surface area contributed by atoms with Crippen molar-refractivity contribution in [1.29, 1.82) is 0 Å². The molecule has 2 rings (SSSR count). The van der Waals surface area contributed by atoms with Crippen LogP contribution in [0.2, 0.25) is 0 Å². The molecule has 1 N–H and O–H groups in total. The van der Waals surface area contributed by atoms with Crippen molar-refractivity contribution in [3.63, 3.8) is 0 Å². The second-order valence-electron chi connectivity index (χ2n) is 4.40. The van der Waals surface area contributed by atoms with Gasteiger partial charge < -0.3 is 14.6 Å². The van der Waals surface area contributed by atoms with Crippen LogP contribution in [0.4, 0.5) is 0 Å². The zero-order valence-corrected chi connectivity index (χ0v) is 11.9. The smallest absolute Gasteiger partial charge is 0.347 e. The van der Waals surface area contributed by atoms with E-state index in [1.807, 2.05) is 0 Å². The SMILES string of the molecule is CCOC(=O)[C@](O)(c1ccc(OC)cc1)c1cccnc1. The van der Waals surface area contributed by atoms with E-state index in [1.54, 1.807) is 56.6 Å². The van der Waals surface area contributed by atoms with Gasteiger partial charge in [0.2, 0.25) is 5.60 Å². The molecule has 5 nitrogen and oxygen atoms in total. The molecule has 0 fully saturated rings. The van der Waals surface area contributed by atoms with Crippen molar-refractivity contribution >= 4 is 5.97 Å². The highest BCUT2D eigenvalue weighted by molar-refractivity contribution is 5.85. The first kappa shape index (κ1) is 15.0. The van der Waals surface area contributed by atoms with Crippen LogP contribution >= 0.6 is 0 Å². The predicted octanol–water partition coefficient (Wildman–Crippen LogP) is 1.89. The van der Waals surface area contributed by atoms with Gasteiger partial charge in [-0.3, -0.25) is 4.98 Å². The van der Waals surface area contributed by atoms with Gasteiger partial charge in [0.05, 0.1) is 13.7 Å². The minimum atomic E-state index is -1.89. The van der Waals surface area contributed by atoms with Gasteiger partial charge >= 0.3 is 5.97 Å². The topological polar surface area (TPSA) is 68.7 Å². The molecule has 1 aromatic carbocycles. The van der Waals surface area contributed by atoms with Gasteiger partial charge in [-0.1, -0.05) is 18.2 Å². The molecule has 0 aliphatic heterocycles. The Hall–Kier alpha value is -2.40. The Labute approximate surface area is 123 Å². The first-order valence-corrected chi connectivity index (χ1v) is 6.57. The van der Waals surface area contributed by atoms with Crippen LogP contribution in [0.3, 0.4) is 0 Å². The monoisotopic (exact) mass is 287 g/mol. The van der Waals surface area contributed by atoms with Gasteiger partial charge in [0, 0.05) is 18.0 Å². The predicted molar refractivity (Wildman–Crippen MR) is 76.9 cm³/mol. The number of carbonyl (C=O) groups is 1. The number of methoxy groups -OCH3 is 1. The van der Waals surface area contributed by atoms with Crippen LogP contribution in [0.15, 0.2) is 48.8 Å². The maximum absolute atomic E-state index is 12.3. The van der Waals surface area contributed by atoms with Crippen molar-refractivity contribution in [2.24, 2.45) is 0 Å². The fourth-order valence-electron chi connectivity index (χ4n) is 2.05. The third kappa shape index (κ3) is 2.87. The number of pyridine rings is 1. The molecule has 1 aromatic heterocycles. The first-order valence-electron chi connectivity index (χ1n) is 6.57. The van der Waals surface area contributed by atoms with E-state index in [2.05, 4.69) is 4.98 Å². The summed E-state index contributed by atoms with van der Waals surface area (Å²) < 4.78 is 10.1. The summed E-state index contributed by atoms with van der Waals surface area (Å²) in [5, 5.41) is 11.0. The Morgan fingerprint density at radius 1 is 1.24 bits per heavy atom. The first-order chi connectivity index (χ1) is 10.1. The zero-order chi connectivity index (χ0) is 15.3. The molecule has 0 aliphatic carbocycles. The van der Waals surface area contributed by atoms with Gasteiger partial charge in [0.25, 0.3) is 0 Å². The second kappa shape index (κ2) is 6.37. The summed E-state index contributed by atoms with van der Waals surface area (Å²) in [6, 6.07) is 9.90. The molecule has 0 bridgehead atoms. The number of rotatable bonds is 5. The maximum Gasteiger partial charge on any atom is 0.347 e. The summed E-state index contributed by atoms with van der Waals surface area (Å²) >= 11 is 0. The minimum Gasteiger partial charge on any atom is -0.497 e. The molecule has 1 heterocycles. The Balaban J connectivity index is 2.52. The van der Waals surface area contributed by atoms with E-state index in [1.165, 1.54) is 6.20 Å². The number of benzene rings is 1. The number of aliphatic hydroxyl groups is 1. The van der Waals surface area contributed by atoms with Gasteiger partial charge in [-0.25, -0.2) is 4.79 Å². The lowest BCUT2D eigenvalue weighted by molar-refractivity contribution is -0.161. The molecule has 0 unspecified atom stereocenters. The molecule has 1 atom stereocenters. The van der Waals surface area contributed by atoms with E-state index in [9.17, 15) is 9.90 Å². The Morgan fingerprint density at radius 2 is 1.95 bits per heavy atom. The Morgan fingerprint density at radius 3 is 2.48 bits per heavy atom. The van der Waals surface area contributed by atoms with E-state index < -0.39 is 11.6 Å². The second-order valence-corrected chi connectivity index (χ2v) is 4.40. The summed E-state index contributed by atoms with van der Waals surface area (Å²) in [6.45, 7) is 1.87. The molecule has 0 saturated carbocycles. The van der Waals surface area contributed by atoms with Crippen LogP contribution in [-0.2, 0) is 15.1 Å². The standard InChI is InChI=1S/C16H17NO4/c1-3-21-15(18)16(19,13-5-4-10-17-11-13)12-6-8-14(20-2)9-7-12/h4-11,19H,3H2,1-2H3/t16-/m0/s1. The van der Waals surface area contributed by atoms with Gasteiger partial charge in [-0.05, 0) is 30.7 Å². The quantitative estimate of drug-likeness (QED) is 0.850. The van der Waals surface area contributed by atoms with Crippen molar-refractivity contribution in [3.8, 4) is 5.75 Å². The molecule has 110 valence electrons. The van der Waals surface area contributed by atoms with Crippen molar-refractivity contribution in [2.75, 3.05) is 13.7 Å². The van der Waals surface area contributed by atoms with Gasteiger partial charge in [-0.2, -0.15) is 0 Å². The van der Waals surface area contributed by atoms with E-state index >= 15 is 0 Å². The number of hydrogen-bond acceptors (Lipinski definition) is 5. The van der Waals surface area contributed by atoms with E-state index in [4.69, 9.17) is 9.47 Å². The summed E-state index contributed by atoms with van der Waals surface area (Å²) in [7, 11) is 1.55. The van der Waals surface area contributed by atoms with E-state index in [-0.39, 0.29) is 6.61 Å². The number of aromatic nitrogens is 1. The lowest BCUT2D eigenvalue weighted by atomic mass is 9.87. The Kier molecular flexibility index (Phi) is 4.55. The fourth-order valence-corrected chi connectivity index (χ4v) is 2.05. The third-order valence-electron chi connectivity index (χ3n) is 3.16. The van der Waals surface area contributed by atoms with E-state index in [0.717, 1.165) is 0 Å². The summed E-state index contributed by atoms with van der Waals surface area (Å²) in [5.41, 5.74) is -1.14. The number of nitrogens with zero attached hydrogens (tertiary/aromatic N) is 1. The molecule has 0 saturated heterocycles. The van der Waals surface area contributed by atoms with Gasteiger partial charge in [0.1, 0.15) is 5.75 Å². The molecule has 0 amide bonds. The number of carbonyl (C=O) groups excluding carboxylic acids is 1. The van der Waals surface area contributed by atoms with Crippen LogP contribution in [0.25, 0.3) is 0 Å². The number of esters is 1. The van der Waals surface area contributed by atoms with Crippen LogP contribution in [-0.4, -0.2) is 29.8 Å². The van der Waals surface area contributed by atoms with Gasteiger partial charge in [-0.15, -0.1) is 0 Å². The van der Waals surface area contributed by atoms with Crippen LogP contribution in [0.5, 0.6) is 5.75 Å². The van der Waals surface area contributed by atoms with Crippen molar-refractivity contribution in [1.82, 2.24) is 4.98 Å². The average Bonchev–Trinajstić information content (AvgIpc) is 2.55. The molecule has 0 aliphatic rings.